The molecule has 0 spiro atoms. The molecule has 0 aliphatic carbocycles. The molecule has 0 bridgehead atoms. The number of halogens is 1. The lowest BCUT2D eigenvalue weighted by molar-refractivity contribution is 1.20. The molecule has 1 aromatic heterocycles. The highest BCUT2D eigenvalue weighted by molar-refractivity contribution is 6.15. The third-order valence-corrected chi connectivity index (χ3v) is 0.813. The van der Waals surface area contributed by atoms with Crippen molar-refractivity contribution in [1.82, 2.24) is 4.98 Å². The predicted octanol–water partition coefficient (Wildman–Crippen LogP) is 2.25. The number of hydrogen-bond acceptors (Lipinski definition) is 1. The smallest absolute Gasteiger partial charge is 0.0372 e. The molecule has 1 nitrogen and oxygen atoms in total. The minimum atomic E-state index is 1.07. The van der Waals surface area contributed by atoms with E-state index >= 15 is 0 Å². The van der Waals surface area contributed by atoms with Crippen LogP contribution in [-0.2, 0) is 0 Å². The van der Waals surface area contributed by atoms with Gasteiger partial charge in [0.2, 0.25) is 0 Å². The van der Waals surface area contributed by atoms with E-state index in [-0.39, 0.29) is 0 Å². The second-order valence-electron chi connectivity index (χ2n) is 1.47. The SMILES string of the molecule is CCl.Cc1ccccn1. The lowest BCUT2D eigenvalue weighted by atomic mass is 10.4. The van der Waals surface area contributed by atoms with E-state index in [0.29, 0.717) is 0 Å². The van der Waals surface area contributed by atoms with Gasteiger partial charge in [-0.2, -0.15) is 0 Å². The highest BCUT2D eigenvalue weighted by Gasteiger charge is 1.73. The van der Waals surface area contributed by atoms with Crippen molar-refractivity contribution in [3.05, 3.63) is 30.1 Å². The van der Waals surface area contributed by atoms with Crippen LogP contribution in [0.2, 0.25) is 0 Å². The first-order valence-electron chi connectivity index (χ1n) is 2.65. The largest absolute Gasteiger partial charge is 0.262 e. The first-order chi connectivity index (χ1) is 4.39. The van der Waals surface area contributed by atoms with Crippen molar-refractivity contribution in [1.29, 1.82) is 0 Å². The van der Waals surface area contributed by atoms with Crippen LogP contribution in [0.5, 0.6) is 0 Å². The van der Waals surface area contributed by atoms with Crippen molar-refractivity contribution in [2.24, 2.45) is 0 Å². The zero-order chi connectivity index (χ0) is 7.11. The summed E-state index contributed by atoms with van der Waals surface area (Å²) in [6.07, 6.45) is 3.26. The predicted molar refractivity (Wildman–Crippen MR) is 40.8 cm³/mol. The van der Waals surface area contributed by atoms with Gasteiger partial charge < -0.3 is 0 Å². The van der Waals surface area contributed by atoms with Crippen LogP contribution in [0.4, 0.5) is 0 Å². The van der Waals surface area contributed by atoms with Crippen LogP contribution >= 0.6 is 11.6 Å². The molecule has 2 heteroatoms. The van der Waals surface area contributed by atoms with E-state index in [1.807, 2.05) is 25.1 Å². The standard InChI is InChI=1S/C6H7N.CH3Cl/c1-6-4-2-3-5-7-6;1-2/h2-5H,1H3;1H3. The molecule has 0 aliphatic rings. The van der Waals surface area contributed by atoms with E-state index in [1.54, 1.807) is 6.20 Å². The van der Waals surface area contributed by atoms with Gasteiger partial charge in [0.05, 0.1) is 0 Å². The third kappa shape index (κ3) is 3.98. The van der Waals surface area contributed by atoms with E-state index in [9.17, 15) is 0 Å². The highest BCUT2D eigenvalue weighted by Crippen LogP contribution is 1.85. The van der Waals surface area contributed by atoms with E-state index in [0.717, 1.165) is 5.69 Å². The van der Waals surface area contributed by atoms with Crippen LogP contribution in [0.3, 0.4) is 0 Å². The maximum absolute atomic E-state index is 4.64. The van der Waals surface area contributed by atoms with Crippen molar-refractivity contribution in [3.63, 3.8) is 0 Å². The Bertz CT molecular complexity index is 139. The van der Waals surface area contributed by atoms with Gasteiger partial charge in [0.25, 0.3) is 0 Å². The van der Waals surface area contributed by atoms with E-state index in [4.69, 9.17) is 0 Å². The van der Waals surface area contributed by atoms with Crippen LogP contribution in [0.1, 0.15) is 5.69 Å². The normalized spacial score (nSPS) is 7.44. The van der Waals surface area contributed by atoms with Crippen LogP contribution in [0.15, 0.2) is 24.4 Å². The molecule has 0 amide bonds. The Morgan fingerprint density at radius 1 is 1.33 bits per heavy atom. The molecule has 0 unspecified atom stereocenters. The summed E-state index contributed by atoms with van der Waals surface area (Å²) >= 11 is 4.64. The Morgan fingerprint density at radius 3 is 2.22 bits per heavy atom. The number of nitrogens with zero attached hydrogens (tertiary/aromatic N) is 1. The van der Waals surface area contributed by atoms with Gasteiger partial charge in [-0.25, -0.2) is 0 Å². The van der Waals surface area contributed by atoms with Crippen LogP contribution in [0.25, 0.3) is 0 Å². The molecule has 9 heavy (non-hydrogen) atoms. The Hall–Kier alpha value is -0.560. The summed E-state index contributed by atoms with van der Waals surface area (Å²) < 4.78 is 0. The van der Waals surface area contributed by atoms with Crippen molar-refractivity contribution in [2.45, 2.75) is 6.92 Å². The molecule has 0 atom stereocenters. The van der Waals surface area contributed by atoms with Crippen molar-refractivity contribution >= 4 is 11.6 Å². The van der Waals surface area contributed by atoms with Gasteiger partial charge in [-0.3, -0.25) is 4.98 Å². The van der Waals surface area contributed by atoms with Crippen LogP contribution in [0, 0.1) is 6.92 Å². The molecule has 50 valence electrons. The zero-order valence-corrected chi connectivity index (χ0v) is 6.39. The molecule has 0 radical (unpaired) electrons. The minimum Gasteiger partial charge on any atom is -0.262 e. The molecular weight excluding hydrogens is 134 g/mol. The summed E-state index contributed by atoms with van der Waals surface area (Å²) in [7, 11) is 0. The summed E-state index contributed by atoms with van der Waals surface area (Å²) in [6, 6.07) is 5.86. The fourth-order valence-corrected chi connectivity index (χ4v) is 0.448. The molecule has 0 saturated heterocycles. The van der Waals surface area contributed by atoms with Crippen LogP contribution in [-0.4, -0.2) is 11.4 Å². The molecule has 0 aromatic carbocycles. The molecule has 0 saturated carbocycles. The Labute approximate surface area is 60.7 Å². The van der Waals surface area contributed by atoms with Gasteiger partial charge >= 0.3 is 0 Å². The monoisotopic (exact) mass is 143 g/mol. The van der Waals surface area contributed by atoms with E-state index in [1.165, 1.54) is 6.38 Å². The number of alkyl halides is 1. The van der Waals surface area contributed by atoms with Gasteiger partial charge in [-0.05, 0) is 19.1 Å². The number of rotatable bonds is 0. The first-order valence-corrected chi connectivity index (χ1v) is 3.40. The molecule has 0 fully saturated rings. The third-order valence-electron chi connectivity index (χ3n) is 0.813. The average Bonchev–Trinajstić information content (AvgIpc) is 1.94. The quantitative estimate of drug-likeness (QED) is 0.508. The molecule has 1 heterocycles. The highest BCUT2D eigenvalue weighted by atomic mass is 35.5. The fourth-order valence-electron chi connectivity index (χ4n) is 0.448. The van der Waals surface area contributed by atoms with Gasteiger partial charge in [0, 0.05) is 18.3 Å². The maximum Gasteiger partial charge on any atom is 0.0372 e. The Balaban J connectivity index is 0.000000291. The van der Waals surface area contributed by atoms with Gasteiger partial charge in [-0.1, -0.05) is 6.07 Å². The van der Waals surface area contributed by atoms with Gasteiger partial charge in [-0.15, -0.1) is 11.6 Å². The molecule has 1 rings (SSSR count). The molecular formula is C7H10ClN. The average molecular weight is 144 g/mol. The Kier molecular flexibility index (Phi) is 5.23. The second kappa shape index (κ2) is 5.57. The summed E-state index contributed by atoms with van der Waals surface area (Å²) in [6.45, 7) is 1.97. The van der Waals surface area contributed by atoms with Gasteiger partial charge in [0.1, 0.15) is 0 Å². The van der Waals surface area contributed by atoms with Gasteiger partial charge in [0.15, 0.2) is 0 Å². The number of aryl methyl sites for hydroxylation is 1. The Morgan fingerprint density at radius 2 is 2.00 bits per heavy atom. The number of hydrogen-bond donors (Lipinski definition) is 0. The van der Waals surface area contributed by atoms with Crippen molar-refractivity contribution in [2.75, 3.05) is 6.38 Å². The molecule has 0 aliphatic heterocycles. The van der Waals surface area contributed by atoms with E-state index < -0.39 is 0 Å². The fraction of sp³-hybridized carbons (Fsp3) is 0.286. The molecule has 0 N–H and O–H groups in total. The second-order valence-corrected chi connectivity index (χ2v) is 1.47. The summed E-state index contributed by atoms with van der Waals surface area (Å²) in [5, 5.41) is 0. The van der Waals surface area contributed by atoms with Crippen LogP contribution < -0.4 is 0 Å². The zero-order valence-electron chi connectivity index (χ0n) is 5.63. The van der Waals surface area contributed by atoms with E-state index in [2.05, 4.69) is 16.6 Å². The summed E-state index contributed by atoms with van der Waals surface area (Å²) in [5.74, 6) is 0. The van der Waals surface area contributed by atoms with Crippen molar-refractivity contribution < 1.29 is 0 Å². The minimum absolute atomic E-state index is 1.07. The first kappa shape index (κ1) is 8.44. The number of aromatic nitrogens is 1. The van der Waals surface area contributed by atoms with Crippen molar-refractivity contribution in [3.8, 4) is 0 Å². The lowest BCUT2D eigenvalue weighted by Gasteiger charge is -1.82. The lowest BCUT2D eigenvalue weighted by Crippen LogP contribution is -1.72. The topological polar surface area (TPSA) is 12.9 Å². The summed E-state index contributed by atoms with van der Waals surface area (Å²) in [5.41, 5.74) is 1.07. The molecule has 1 aromatic rings. The maximum atomic E-state index is 4.64. The summed E-state index contributed by atoms with van der Waals surface area (Å²) in [4.78, 5) is 3.98. The number of pyridine rings is 1.